The van der Waals surface area contributed by atoms with E-state index in [4.69, 9.17) is 14.7 Å². The summed E-state index contributed by atoms with van der Waals surface area (Å²) in [6.45, 7) is 0. The topological polar surface area (TPSA) is 51.5 Å². The molecule has 144 valence electrons. The monoisotopic (exact) mass is 482 g/mol. The molecule has 1 N–H and O–H groups in total. The van der Waals surface area contributed by atoms with Crippen molar-refractivity contribution in [1.82, 2.24) is 14.4 Å². The van der Waals surface area contributed by atoms with Crippen molar-refractivity contribution in [2.75, 3.05) is 12.4 Å². The van der Waals surface area contributed by atoms with Gasteiger partial charge < -0.3 is 10.1 Å². The lowest BCUT2D eigenvalue weighted by Gasteiger charge is -2.04. The number of fused-ring (bicyclic) bond motifs is 1. The van der Waals surface area contributed by atoms with E-state index >= 15 is 0 Å². The van der Waals surface area contributed by atoms with Crippen LogP contribution in [-0.2, 0) is 0 Å². The normalized spacial score (nSPS) is 11.1. The van der Waals surface area contributed by atoms with E-state index < -0.39 is 0 Å². The summed E-state index contributed by atoms with van der Waals surface area (Å²) < 4.78 is 8.37. The number of nitrogens with one attached hydrogen (secondary N) is 1. The number of benzene rings is 2. The minimum atomic E-state index is 0.827. The molecule has 3 aromatic heterocycles. The average Bonchev–Trinajstić information content (AvgIpc) is 3.45. The number of methoxy groups -OCH3 is 1. The fourth-order valence-electron chi connectivity index (χ4n) is 3.08. The molecule has 0 bridgehead atoms. The van der Waals surface area contributed by atoms with Crippen LogP contribution in [0.15, 0.2) is 70.0 Å². The zero-order chi connectivity index (χ0) is 19.8. The van der Waals surface area contributed by atoms with Gasteiger partial charge in [0.2, 0.25) is 0 Å². The lowest BCUT2D eigenvalue weighted by molar-refractivity contribution is 0.415. The molecule has 0 atom stereocenters. The number of rotatable bonds is 5. The maximum Gasteiger partial charge on any atom is 0.194 e. The van der Waals surface area contributed by atoms with E-state index in [-0.39, 0.29) is 0 Å². The third-order valence-corrected chi connectivity index (χ3v) is 6.51. The lowest BCUT2D eigenvalue weighted by Crippen LogP contribution is -1.92. The molecule has 0 unspecified atom stereocenters. The highest BCUT2D eigenvalue weighted by molar-refractivity contribution is 9.10. The van der Waals surface area contributed by atoms with E-state index in [2.05, 4.69) is 43.2 Å². The second-order valence-electron chi connectivity index (χ2n) is 6.26. The van der Waals surface area contributed by atoms with Crippen LogP contribution >= 0.6 is 38.6 Å². The average molecular weight is 483 g/mol. The number of hydrogen-bond acceptors (Lipinski definition) is 6. The highest BCUT2D eigenvalue weighted by Crippen LogP contribution is 2.36. The summed E-state index contributed by atoms with van der Waals surface area (Å²) in [7, 11) is 1.66. The van der Waals surface area contributed by atoms with Crippen LogP contribution < -0.4 is 10.1 Å². The Balaban J connectivity index is 1.53. The summed E-state index contributed by atoms with van der Waals surface area (Å²) >= 11 is 6.69. The molecule has 0 aliphatic heterocycles. The Hall–Kier alpha value is -2.68. The van der Waals surface area contributed by atoms with Crippen LogP contribution in [0.5, 0.6) is 5.75 Å². The van der Waals surface area contributed by atoms with Crippen molar-refractivity contribution < 1.29 is 4.74 Å². The number of anilines is 2. The quantitative estimate of drug-likeness (QED) is 0.302. The molecule has 5 aromatic rings. The zero-order valence-corrected chi connectivity index (χ0v) is 18.5. The summed E-state index contributed by atoms with van der Waals surface area (Å²) in [5.41, 5.74) is 4.87. The van der Waals surface area contributed by atoms with E-state index in [0.717, 1.165) is 48.6 Å². The Morgan fingerprint density at radius 3 is 2.55 bits per heavy atom. The van der Waals surface area contributed by atoms with Gasteiger partial charge in [0.1, 0.15) is 17.1 Å². The molecular weight excluding hydrogens is 468 g/mol. The van der Waals surface area contributed by atoms with Gasteiger partial charge in [0.15, 0.2) is 10.1 Å². The van der Waals surface area contributed by atoms with Gasteiger partial charge in [-0.25, -0.2) is 9.97 Å². The molecule has 0 saturated heterocycles. The predicted molar refractivity (Wildman–Crippen MR) is 124 cm³/mol. The van der Waals surface area contributed by atoms with Gasteiger partial charge >= 0.3 is 0 Å². The molecule has 29 heavy (non-hydrogen) atoms. The van der Waals surface area contributed by atoms with Crippen molar-refractivity contribution in [1.29, 1.82) is 0 Å². The van der Waals surface area contributed by atoms with Crippen LogP contribution in [0, 0.1) is 0 Å². The summed E-state index contributed by atoms with van der Waals surface area (Å²) in [6.07, 6.45) is 2.04. The first-order valence-corrected chi connectivity index (χ1v) is 11.3. The number of aromatic nitrogens is 3. The molecular formula is C21H15BrN4OS2. The number of imidazole rings is 1. The largest absolute Gasteiger partial charge is 0.497 e. The molecule has 3 heterocycles. The second-order valence-corrected chi connectivity index (χ2v) is 8.91. The van der Waals surface area contributed by atoms with E-state index in [1.807, 2.05) is 48.0 Å². The number of thiazole rings is 2. The van der Waals surface area contributed by atoms with Crippen LogP contribution in [0.3, 0.4) is 0 Å². The third kappa shape index (κ3) is 3.55. The van der Waals surface area contributed by atoms with Gasteiger partial charge in [-0.3, -0.25) is 4.40 Å². The fraction of sp³-hybridized carbons (Fsp3) is 0.0476. The Bertz CT molecular complexity index is 1270. The van der Waals surface area contributed by atoms with Gasteiger partial charge in [0, 0.05) is 32.7 Å². The van der Waals surface area contributed by atoms with E-state index in [9.17, 15) is 0 Å². The van der Waals surface area contributed by atoms with Crippen molar-refractivity contribution >= 4 is 54.4 Å². The van der Waals surface area contributed by atoms with Gasteiger partial charge in [-0.2, -0.15) is 0 Å². The summed E-state index contributed by atoms with van der Waals surface area (Å²) in [5.74, 6) is 0.827. The number of nitrogens with zero attached hydrogens (tertiary/aromatic N) is 3. The van der Waals surface area contributed by atoms with Crippen molar-refractivity contribution in [3.8, 4) is 28.4 Å². The van der Waals surface area contributed by atoms with Crippen molar-refractivity contribution in [2.24, 2.45) is 0 Å². The smallest absolute Gasteiger partial charge is 0.194 e. The van der Waals surface area contributed by atoms with Crippen LogP contribution in [0.25, 0.3) is 27.6 Å². The highest BCUT2D eigenvalue weighted by atomic mass is 79.9. The molecule has 0 aliphatic carbocycles. The van der Waals surface area contributed by atoms with Crippen molar-refractivity contribution in [3.05, 3.63) is 70.0 Å². The first-order valence-electron chi connectivity index (χ1n) is 8.80. The SMILES string of the molecule is COc1ccc(Nc2nc(-c3c(-c4ccc(Br)cc4)nc4sccn34)cs2)cc1. The Morgan fingerprint density at radius 1 is 1.00 bits per heavy atom. The van der Waals surface area contributed by atoms with Gasteiger partial charge in [0.05, 0.1) is 12.8 Å². The van der Waals surface area contributed by atoms with Gasteiger partial charge in [-0.1, -0.05) is 28.1 Å². The highest BCUT2D eigenvalue weighted by Gasteiger charge is 2.19. The Kier molecular flexibility index (Phi) is 4.83. The molecule has 5 nitrogen and oxygen atoms in total. The Morgan fingerprint density at radius 2 is 1.79 bits per heavy atom. The summed E-state index contributed by atoms with van der Waals surface area (Å²) in [5, 5.41) is 8.30. The van der Waals surface area contributed by atoms with Crippen LogP contribution in [0.1, 0.15) is 0 Å². The molecule has 0 radical (unpaired) electrons. The first kappa shape index (κ1) is 18.4. The minimum Gasteiger partial charge on any atom is -0.497 e. The third-order valence-electron chi connectivity index (χ3n) is 4.47. The molecule has 0 aliphatic rings. The number of ether oxygens (including phenoxy) is 1. The second kappa shape index (κ2) is 7.62. The molecule has 0 amide bonds. The molecule has 8 heteroatoms. The molecule has 0 saturated carbocycles. The van der Waals surface area contributed by atoms with Gasteiger partial charge in [-0.05, 0) is 36.4 Å². The maximum absolute atomic E-state index is 5.22. The molecule has 5 rings (SSSR count). The first-order chi connectivity index (χ1) is 14.2. The van der Waals surface area contributed by atoms with E-state index in [1.54, 1.807) is 29.8 Å². The predicted octanol–water partition coefficient (Wildman–Crippen LogP) is 6.70. The van der Waals surface area contributed by atoms with E-state index in [0.29, 0.717) is 0 Å². The number of hydrogen-bond donors (Lipinski definition) is 1. The molecule has 2 aromatic carbocycles. The summed E-state index contributed by atoms with van der Waals surface area (Å²) in [6, 6.07) is 16.0. The number of halogens is 1. The minimum absolute atomic E-state index is 0.827. The van der Waals surface area contributed by atoms with Crippen LogP contribution in [-0.4, -0.2) is 21.5 Å². The van der Waals surface area contributed by atoms with Crippen molar-refractivity contribution in [3.63, 3.8) is 0 Å². The van der Waals surface area contributed by atoms with Gasteiger partial charge in [0.25, 0.3) is 0 Å². The summed E-state index contributed by atoms with van der Waals surface area (Å²) in [4.78, 5) is 10.6. The fourth-order valence-corrected chi connectivity index (χ4v) is 4.77. The van der Waals surface area contributed by atoms with E-state index in [1.165, 1.54) is 0 Å². The zero-order valence-electron chi connectivity index (χ0n) is 15.3. The van der Waals surface area contributed by atoms with Crippen LogP contribution in [0.2, 0.25) is 0 Å². The molecule has 0 fully saturated rings. The molecule has 0 spiro atoms. The van der Waals surface area contributed by atoms with Crippen molar-refractivity contribution in [2.45, 2.75) is 0 Å². The lowest BCUT2D eigenvalue weighted by atomic mass is 10.1. The van der Waals surface area contributed by atoms with Gasteiger partial charge in [-0.15, -0.1) is 22.7 Å². The van der Waals surface area contributed by atoms with Crippen LogP contribution in [0.4, 0.5) is 10.8 Å². The Labute approximate surface area is 183 Å². The maximum atomic E-state index is 5.22. The standard InChI is InChI=1S/C21H15BrN4OS2/c1-27-16-8-6-15(7-9-16)23-20-24-17(12-29-20)19-18(13-2-4-14(22)5-3-13)25-21-26(19)10-11-28-21/h2-12H,1H3,(H,23,24).